The topological polar surface area (TPSA) is 3.24 Å². The minimum atomic E-state index is 0.532. The van der Waals surface area contributed by atoms with Crippen LogP contribution in [0.25, 0.3) is 0 Å². The van der Waals surface area contributed by atoms with Crippen molar-refractivity contribution in [2.75, 3.05) is 12.3 Å². The fourth-order valence-corrected chi connectivity index (χ4v) is 3.14. The maximum atomic E-state index is 4.50. The van der Waals surface area contributed by atoms with E-state index in [1.165, 1.54) is 24.3 Å². The summed E-state index contributed by atoms with van der Waals surface area (Å²) in [4.78, 5) is 4.07. The van der Waals surface area contributed by atoms with Crippen molar-refractivity contribution in [2.45, 2.75) is 39.3 Å². The zero-order valence-corrected chi connectivity index (χ0v) is 11.9. The Kier molecular flexibility index (Phi) is 3.98. The van der Waals surface area contributed by atoms with Gasteiger partial charge in [0, 0.05) is 24.0 Å². The Balaban J connectivity index is 1.95. The molecule has 0 spiro atoms. The molecule has 1 aliphatic carbocycles. The average molecular weight is 255 g/mol. The fourth-order valence-electron chi connectivity index (χ4n) is 2.00. The van der Waals surface area contributed by atoms with Gasteiger partial charge in [0.1, 0.15) is 0 Å². The van der Waals surface area contributed by atoms with Crippen molar-refractivity contribution in [3.8, 4) is 0 Å². The Morgan fingerprint density at radius 1 is 1.50 bits per heavy atom. The third-order valence-electron chi connectivity index (χ3n) is 3.50. The van der Waals surface area contributed by atoms with Crippen molar-refractivity contribution in [2.24, 2.45) is 5.41 Å². The molecule has 0 saturated heterocycles. The minimum absolute atomic E-state index is 0.532. The lowest BCUT2D eigenvalue weighted by Gasteiger charge is -2.29. The van der Waals surface area contributed by atoms with E-state index < -0.39 is 0 Å². The van der Waals surface area contributed by atoms with Gasteiger partial charge < -0.3 is 0 Å². The Morgan fingerprint density at radius 3 is 2.69 bits per heavy atom. The molecule has 90 valence electrons. The second-order valence-corrected chi connectivity index (χ2v) is 6.58. The zero-order valence-electron chi connectivity index (χ0n) is 10.1. The first-order chi connectivity index (χ1) is 7.65. The second kappa shape index (κ2) is 5.11. The molecule has 3 heteroatoms. The van der Waals surface area contributed by atoms with E-state index in [4.69, 9.17) is 0 Å². The molecular formula is C13H21NS2. The second-order valence-electron chi connectivity index (χ2n) is 5.24. The van der Waals surface area contributed by atoms with Crippen LogP contribution in [-0.4, -0.2) is 23.2 Å². The number of thiol groups is 1. The molecule has 1 aromatic heterocycles. The summed E-state index contributed by atoms with van der Waals surface area (Å²) in [7, 11) is 0. The van der Waals surface area contributed by atoms with Crippen LogP contribution in [0.2, 0.25) is 0 Å². The molecule has 0 bridgehead atoms. The molecule has 1 heterocycles. The van der Waals surface area contributed by atoms with Crippen LogP contribution in [0.5, 0.6) is 0 Å². The van der Waals surface area contributed by atoms with Gasteiger partial charge in [0.05, 0.1) is 0 Å². The van der Waals surface area contributed by atoms with Crippen LogP contribution in [0.3, 0.4) is 0 Å². The summed E-state index contributed by atoms with van der Waals surface area (Å²) in [5.74, 6) is 1.04. The average Bonchev–Trinajstić information content (AvgIpc) is 2.84. The first-order valence-electron chi connectivity index (χ1n) is 6.02. The number of hydrogen-bond acceptors (Lipinski definition) is 3. The number of rotatable bonds is 6. The standard InChI is InChI=1S/C13H21NS2/c1-11(2)14(8-12-4-3-7-16-12)9-13(10-15)5-6-13/h3-4,7,11,15H,5-6,8-10H2,1-2H3. The Hall–Kier alpha value is 0.01000. The predicted octanol–water partition coefficient (Wildman–Crippen LogP) is 3.67. The smallest absolute Gasteiger partial charge is 0.0330 e. The van der Waals surface area contributed by atoms with Crippen LogP contribution in [0.4, 0.5) is 0 Å². The van der Waals surface area contributed by atoms with E-state index in [9.17, 15) is 0 Å². The first-order valence-corrected chi connectivity index (χ1v) is 7.54. The summed E-state index contributed by atoms with van der Waals surface area (Å²) in [6.07, 6.45) is 2.73. The Labute approximate surface area is 108 Å². The van der Waals surface area contributed by atoms with Gasteiger partial charge in [-0.2, -0.15) is 12.6 Å². The van der Waals surface area contributed by atoms with Crippen LogP contribution in [0.1, 0.15) is 31.6 Å². The number of thiophene rings is 1. The van der Waals surface area contributed by atoms with Gasteiger partial charge in [0.15, 0.2) is 0 Å². The first kappa shape index (κ1) is 12.5. The summed E-state index contributed by atoms with van der Waals surface area (Å²) in [5.41, 5.74) is 0.532. The minimum Gasteiger partial charge on any atom is -0.295 e. The molecule has 0 N–H and O–H groups in total. The molecule has 16 heavy (non-hydrogen) atoms. The van der Waals surface area contributed by atoms with Crippen molar-refractivity contribution >= 4 is 24.0 Å². The summed E-state index contributed by atoms with van der Waals surface area (Å²) in [5, 5.41) is 2.17. The summed E-state index contributed by atoms with van der Waals surface area (Å²) < 4.78 is 0. The van der Waals surface area contributed by atoms with E-state index in [0.717, 1.165) is 12.3 Å². The molecule has 0 amide bonds. The van der Waals surface area contributed by atoms with Gasteiger partial charge in [-0.1, -0.05) is 6.07 Å². The van der Waals surface area contributed by atoms with Gasteiger partial charge in [-0.05, 0) is 49.3 Å². The molecule has 1 fully saturated rings. The van der Waals surface area contributed by atoms with E-state index in [0.29, 0.717) is 11.5 Å². The quantitative estimate of drug-likeness (QED) is 0.759. The highest BCUT2D eigenvalue weighted by Crippen LogP contribution is 2.47. The van der Waals surface area contributed by atoms with E-state index in [2.05, 4.69) is 48.9 Å². The molecule has 2 rings (SSSR count). The monoisotopic (exact) mass is 255 g/mol. The van der Waals surface area contributed by atoms with Crippen LogP contribution >= 0.6 is 24.0 Å². The zero-order chi connectivity index (χ0) is 11.6. The summed E-state index contributed by atoms with van der Waals surface area (Å²) >= 11 is 6.36. The van der Waals surface area contributed by atoms with Crippen molar-refractivity contribution in [1.29, 1.82) is 0 Å². The van der Waals surface area contributed by atoms with Crippen LogP contribution in [0.15, 0.2) is 17.5 Å². The van der Waals surface area contributed by atoms with Gasteiger partial charge in [-0.25, -0.2) is 0 Å². The highest BCUT2D eigenvalue weighted by Gasteiger charge is 2.42. The molecule has 1 nitrogen and oxygen atoms in total. The molecule has 1 aromatic rings. The van der Waals surface area contributed by atoms with Crippen molar-refractivity contribution in [1.82, 2.24) is 4.90 Å². The molecule has 0 aliphatic heterocycles. The highest BCUT2D eigenvalue weighted by molar-refractivity contribution is 7.80. The molecule has 0 atom stereocenters. The lowest BCUT2D eigenvalue weighted by Crippen LogP contribution is -2.36. The number of nitrogens with zero attached hydrogens (tertiary/aromatic N) is 1. The van der Waals surface area contributed by atoms with E-state index >= 15 is 0 Å². The Morgan fingerprint density at radius 2 is 2.25 bits per heavy atom. The lowest BCUT2D eigenvalue weighted by atomic mass is 10.1. The van der Waals surface area contributed by atoms with Crippen LogP contribution in [0, 0.1) is 5.41 Å². The van der Waals surface area contributed by atoms with Gasteiger partial charge in [-0.15, -0.1) is 11.3 Å². The molecular weight excluding hydrogens is 234 g/mol. The van der Waals surface area contributed by atoms with Gasteiger partial charge in [0.2, 0.25) is 0 Å². The summed E-state index contributed by atoms with van der Waals surface area (Å²) in [6, 6.07) is 5.00. The largest absolute Gasteiger partial charge is 0.295 e. The maximum absolute atomic E-state index is 4.50. The van der Waals surface area contributed by atoms with E-state index in [1.807, 2.05) is 11.3 Å². The van der Waals surface area contributed by atoms with Gasteiger partial charge in [0.25, 0.3) is 0 Å². The van der Waals surface area contributed by atoms with Crippen molar-refractivity contribution in [3.63, 3.8) is 0 Å². The molecule has 0 unspecified atom stereocenters. The van der Waals surface area contributed by atoms with Crippen molar-refractivity contribution in [3.05, 3.63) is 22.4 Å². The normalized spacial score (nSPS) is 18.3. The third kappa shape index (κ3) is 3.02. The van der Waals surface area contributed by atoms with Crippen molar-refractivity contribution < 1.29 is 0 Å². The molecule has 1 aliphatic rings. The summed E-state index contributed by atoms with van der Waals surface area (Å²) in [6.45, 7) is 6.90. The Bertz CT molecular complexity index is 315. The fraction of sp³-hybridized carbons (Fsp3) is 0.692. The number of hydrogen-bond donors (Lipinski definition) is 1. The molecule has 1 saturated carbocycles. The SMILES string of the molecule is CC(C)N(Cc1cccs1)CC1(CS)CC1. The maximum Gasteiger partial charge on any atom is 0.0330 e. The third-order valence-corrected chi connectivity index (χ3v) is 5.03. The van der Waals surface area contributed by atoms with Gasteiger partial charge in [-0.3, -0.25) is 4.90 Å². The molecule has 0 radical (unpaired) electrons. The predicted molar refractivity (Wildman–Crippen MR) is 75.4 cm³/mol. The highest BCUT2D eigenvalue weighted by atomic mass is 32.1. The van der Waals surface area contributed by atoms with Crippen LogP contribution < -0.4 is 0 Å². The lowest BCUT2D eigenvalue weighted by molar-refractivity contribution is 0.179. The van der Waals surface area contributed by atoms with E-state index in [-0.39, 0.29) is 0 Å². The van der Waals surface area contributed by atoms with Crippen LogP contribution in [-0.2, 0) is 6.54 Å². The molecule has 0 aromatic carbocycles. The van der Waals surface area contributed by atoms with E-state index in [1.54, 1.807) is 0 Å². The van der Waals surface area contributed by atoms with Gasteiger partial charge >= 0.3 is 0 Å².